The predicted octanol–water partition coefficient (Wildman–Crippen LogP) is 1.88. The SMILES string of the molecule is CCc1cnc(C(C)NC(=O)CC2CCNC2)s1. The number of aryl methyl sites for hydroxylation is 1. The highest BCUT2D eigenvalue weighted by atomic mass is 32.1. The molecule has 100 valence electrons. The Morgan fingerprint density at radius 1 is 1.72 bits per heavy atom. The maximum Gasteiger partial charge on any atom is 0.220 e. The van der Waals surface area contributed by atoms with Crippen molar-refractivity contribution in [1.29, 1.82) is 0 Å². The lowest BCUT2D eigenvalue weighted by Gasteiger charge is -2.13. The number of thiazole rings is 1. The summed E-state index contributed by atoms with van der Waals surface area (Å²) in [6.45, 7) is 6.13. The van der Waals surface area contributed by atoms with E-state index in [-0.39, 0.29) is 11.9 Å². The molecule has 2 unspecified atom stereocenters. The molecule has 0 aromatic carbocycles. The lowest BCUT2D eigenvalue weighted by atomic mass is 10.0. The van der Waals surface area contributed by atoms with Crippen molar-refractivity contribution in [3.63, 3.8) is 0 Å². The van der Waals surface area contributed by atoms with Crippen LogP contribution in [-0.2, 0) is 11.2 Å². The first-order valence-corrected chi connectivity index (χ1v) is 7.45. The van der Waals surface area contributed by atoms with Crippen LogP contribution in [0.4, 0.5) is 0 Å². The van der Waals surface area contributed by atoms with E-state index in [0.29, 0.717) is 12.3 Å². The van der Waals surface area contributed by atoms with Gasteiger partial charge >= 0.3 is 0 Å². The summed E-state index contributed by atoms with van der Waals surface area (Å²) in [5, 5.41) is 7.33. The summed E-state index contributed by atoms with van der Waals surface area (Å²) in [4.78, 5) is 17.5. The van der Waals surface area contributed by atoms with Crippen molar-refractivity contribution in [2.45, 2.75) is 39.2 Å². The Hall–Kier alpha value is -0.940. The van der Waals surface area contributed by atoms with Crippen molar-refractivity contribution in [1.82, 2.24) is 15.6 Å². The minimum atomic E-state index is 0.0252. The number of carbonyl (C=O) groups is 1. The average molecular weight is 267 g/mol. The second-order valence-corrected chi connectivity index (χ2v) is 6.02. The molecule has 1 aliphatic heterocycles. The number of nitrogens with zero attached hydrogens (tertiary/aromatic N) is 1. The molecule has 2 heterocycles. The van der Waals surface area contributed by atoms with Crippen molar-refractivity contribution in [3.05, 3.63) is 16.1 Å². The Bertz CT molecular complexity index is 399. The molecule has 1 aliphatic rings. The summed E-state index contributed by atoms with van der Waals surface area (Å²) in [5.41, 5.74) is 0. The van der Waals surface area contributed by atoms with Gasteiger partial charge in [-0.3, -0.25) is 4.79 Å². The van der Waals surface area contributed by atoms with Crippen molar-refractivity contribution in [2.24, 2.45) is 5.92 Å². The molecular formula is C13H21N3OS. The van der Waals surface area contributed by atoms with Gasteiger partial charge in [-0.25, -0.2) is 4.98 Å². The normalized spacial score (nSPS) is 20.9. The summed E-state index contributed by atoms with van der Waals surface area (Å²) in [7, 11) is 0. The van der Waals surface area contributed by atoms with Gasteiger partial charge in [0, 0.05) is 17.5 Å². The smallest absolute Gasteiger partial charge is 0.220 e. The first-order valence-electron chi connectivity index (χ1n) is 6.63. The van der Waals surface area contributed by atoms with Gasteiger partial charge in [0.15, 0.2) is 0 Å². The fourth-order valence-electron chi connectivity index (χ4n) is 2.20. The molecule has 4 nitrogen and oxygen atoms in total. The summed E-state index contributed by atoms with van der Waals surface area (Å²) in [5.74, 6) is 0.643. The highest BCUT2D eigenvalue weighted by Crippen LogP contribution is 2.21. The lowest BCUT2D eigenvalue weighted by Crippen LogP contribution is -2.28. The van der Waals surface area contributed by atoms with E-state index in [2.05, 4.69) is 22.5 Å². The summed E-state index contributed by atoms with van der Waals surface area (Å²) >= 11 is 1.69. The summed E-state index contributed by atoms with van der Waals surface area (Å²) < 4.78 is 0. The van der Waals surface area contributed by atoms with Crippen LogP contribution in [0, 0.1) is 5.92 Å². The molecular weight excluding hydrogens is 246 g/mol. The maximum atomic E-state index is 11.9. The molecule has 0 spiro atoms. The van der Waals surface area contributed by atoms with E-state index in [1.165, 1.54) is 4.88 Å². The van der Waals surface area contributed by atoms with E-state index in [0.717, 1.165) is 30.9 Å². The van der Waals surface area contributed by atoms with Crippen molar-refractivity contribution < 1.29 is 4.79 Å². The van der Waals surface area contributed by atoms with Crippen LogP contribution >= 0.6 is 11.3 Å². The molecule has 0 aliphatic carbocycles. The molecule has 0 saturated carbocycles. The number of aromatic nitrogens is 1. The predicted molar refractivity (Wildman–Crippen MR) is 73.6 cm³/mol. The van der Waals surface area contributed by atoms with Gasteiger partial charge in [-0.15, -0.1) is 11.3 Å². The van der Waals surface area contributed by atoms with E-state index in [1.54, 1.807) is 11.3 Å². The first-order chi connectivity index (χ1) is 8.69. The van der Waals surface area contributed by atoms with E-state index in [9.17, 15) is 4.79 Å². The Morgan fingerprint density at radius 2 is 2.56 bits per heavy atom. The van der Waals surface area contributed by atoms with Gasteiger partial charge in [-0.1, -0.05) is 6.92 Å². The molecule has 1 saturated heterocycles. The van der Waals surface area contributed by atoms with Crippen molar-refractivity contribution in [2.75, 3.05) is 13.1 Å². The maximum absolute atomic E-state index is 11.9. The molecule has 2 atom stereocenters. The number of hydrogen-bond donors (Lipinski definition) is 2. The Kier molecular flexibility index (Phi) is 4.72. The van der Waals surface area contributed by atoms with Gasteiger partial charge in [0.1, 0.15) is 5.01 Å². The third-order valence-corrected chi connectivity index (χ3v) is 4.63. The fraction of sp³-hybridized carbons (Fsp3) is 0.692. The molecule has 0 bridgehead atoms. The zero-order valence-electron chi connectivity index (χ0n) is 11.0. The molecule has 2 N–H and O–H groups in total. The van der Waals surface area contributed by atoms with Crippen molar-refractivity contribution in [3.8, 4) is 0 Å². The molecule has 2 rings (SSSR count). The van der Waals surface area contributed by atoms with Crippen LogP contribution in [0.3, 0.4) is 0 Å². The monoisotopic (exact) mass is 267 g/mol. The second-order valence-electron chi connectivity index (χ2n) is 4.87. The number of hydrogen-bond acceptors (Lipinski definition) is 4. The highest BCUT2D eigenvalue weighted by Gasteiger charge is 2.20. The minimum absolute atomic E-state index is 0.0252. The average Bonchev–Trinajstić information content (AvgIpc) is 2.98. The van der Waals surface area contributed by atoms with Gasteiger partial charge in [-0.2, -0.15) is 0 Å². The van der Waals surface area contributed by atoms with Crippen LogP contribution in [0.15, 0.2) is 6.20 Å². The molecule has 18 heavy (non-hydrogen) atoms. The van der Waals surface area contributed by atoms with E-state index in [1.807, 2.05) is 13.1 Å². The van der Waals surface area contributed by atoms with Gasteiger partial charge in [0.2, 0.25) is 5.91 Å². The Balaban J connectivity index is 1.82. The lowest BCUT2D eigenvalue weighted by molar-refractivity contribution is -0.122. The summed E-state index contributed by atoms with van der Waals surface area (Å²) in [6, 6.07) is 0.0252. The standard InChI is InChI=1S/C13H21N3OS/c1-3-11-8-15-13(18-11)9(2)16-12(17)6-10-4-5-14-7-10/h8-10,14H,3-7H2,1-2H3,(H,16,17). The van der Waals surface area contributed by atoms with Crippen molar-refractivity contribution >= 4 is 17.2 Å². The van der Waals surface area contributed by atoms with Gasteiger partial charge in [0.05, 0.1) is 6.04 Å². The van der Waals surface area contributed by atoms with Crippen LogP contribution in [0.25, 0.3) is 0 Å². The molecule has 1 aromatic rings. The van der Waals surface area contributed by atoms with Crippen LogP contribution in [0.1, 0.15) is 42.6 Å². The van der Waals surface area contributed by atoms with E-state index < -0.39 is 0 Å². The van der Waals surface area contributed by atoms with Crippen LogP contribution in [0.2, 0.25) is 0 Å². The largest absolute Gasteiger partial charge is 0.347 e. The van der Waals surface area contributed by atoms with Gasteiger partial charge in [-0.05, 0) is 38.8 Å². The molecule has 0 radical (unpaired) electrons. The topological polar surface area (TPSA) is 54.0 Å². The van der Waals surface area contributed by atoms with Crippen LogP contribution in [0.5, 0.6) is 0 Å². The Labute approximate surface area is 112 Å². The third kappa shape index (κ3) is 3.53. The third-order valence-electron chi connectivity index (χ3n) is 3.30. The van der Waals surface area contributed by atoms with Crippen LogP contribution < -0.4 is 10.6 Å². The van der Waals surface area contributed by atoms with Gasteiger partial charge < -0.3 is 10.6 Å². The molecule has 1 fully saturated rings. The summed E-state index contributed by atoms with van der Waals surface area (Å²) in [6.07, 6.45) is 4.65. The zero-order chi connectivity index (χ0) is 13.0. The number of nitrogens with one attached hydrogen (secondary N) is 2. The minimum Gasteiger partial charge on any atom is -0.347 e. The second kappa shape index (κ2) is 6.29. The quantitative estimate of drug-likeness (QED) is 0.856. The highest BCUT2D eigenvalue weighted by molar-refractivity contribution is 7.11. The molecule has 1 amide bonds. The molecule has 1 aromatic heterocycles. The van der Waals surface area contributed by atoms with Crippen LogP contribution in [-0.4, -0.2) is 24.0 Å². The Morgan fingerprint density at radius 3 is 3.17 bits per heavy atom. The van der Waals surface area contributed by atoms with E-state index >= 15 is 0 Å². The fourth-order valence-corrected chi connectivity index (χ4v) is 3.06. The number of carbonyl (C=O) groups excluding carboxylic acids is 1. The first kappa shape index (κ1) is 13.5. The zero-order valence-corrected chi connectivity index (χ0v) is 11.8. The molecule has 5 heteroatoms. The van der Waals surface area contributed by atoms with E-state index in [4.69, 9.17) is 0 Å². The van der Waals surface area contributed by atoms with Gasteiger partial charge in [0.25, 0.3) is 0 Å². The number of rotatable bonds is 5. The number of amides is 1.